The summed E-state index contributed by atoms with van der Waals surface area (Å²) in [5, 5.41) is 15.0. The monoisotopic (exact) mass is 387 g/mol. The summed E-state index contributed by atoms with van der Waals surface area (Å²) >= 11 is 0. The third kappa shape index (κ3) is 4.36. The van der Waals surface area contributed by atoms with Crippen LogP contribution >= 0.6 is 0 Å². The predicted octanol–water partition coefficient (Wildman–Crippen LogP) is 2.92. The van der Waals surface area contributed by atoms with E-state index in [0.717, 1.165) is 0 Å². The van der Waals surface area contributed by atoms with E-state index in [1.54, 1.807) is 24.1 Å². The molecule has 1 saturated heterocycles. The third-order valence-corrected chi connectivity index (χ3v) is 4.63. The Morgan fingerprint density at radius 1 is 1.21 bits per heavy atom. The summed E-state index contributed by atoms with van der Waals surface area (Å²) in [6, 6.07) is 9.94. The van der Waals surface area contributed by atoms with Crippen molar-refractivity contribution in [2.75, 3.05) is 25.0 Å². The number of guanidine groups is 1. The second-order valence-corrected chi connectivity index (χ2v) is 6.49. The minimum absolute atomic E-state index is 0.0191. The molecule has 3 rings (SSSR count). The van der Waals surface area contributed by atoms with E-state index in [9.17, 15) is 13.2 Å². The summed E-state index contributed by atoms with van der Waals surface area (Å²) in [5.74, 6) is -1.17. The first kappa shape index (κ1) is 19.5. The van der Waals surface area contributed by atoms with Crippen molar-refractivity contribution in [3.8, 4) is 6.07 Å². The van der Waals surface area contributed by atoms with E-state index in [1.807, 2.05) is 6.07 Å². The lowest BCUT2D eigenvalue weighted by molar-refractivity contribution is 0.575. The largest absolute Gasteiger partial charge is 0.365 e. The highest BCUT2D eigenvalue weighted by Gasteiger charge is 2.27. The molecule has 5 nitrogen and oxygen atoms in total. The van der Waals surface area contributed by atoms with Crippen LogP contribution in [0.25, 0.3) is 0 Å². The summed E-state index contributed by atoms with van der Waals surface area (Å²) < 4.78 is 41.9. The highest BCUT2D eigenvalue weighted by Crippen LogP contribution is 2.26. The molecule has 0 amide bonds. The predicted molar refractivity (Wildman–Crippen MR) is 101 cm³/mol. The molecule has 8 heteroatoms. The lowest BCUT2D eigenvalue weighted by Gasteiger charge is -2.21. The number of anilines is 1. The van der Waals surface area contributed by atoms with Gasteiger partial charge in [-0.3, -0.25) is 4.99 Å². The SMILES string of the molecule is CN=C(NCc1ccc(C#N)cc1F)NC1CCN(c2c(F)cccc2F)C1. The van der Waals surface area contributed by atoms with Crippen LogP contribution in [0.4, 0.5) is 18.9 Å². The summed E-state index contributed by atoms with van der Waals surface area (Å²) in [5.41, 5.74) is 0.646. The molecule has 0 aliphatic carbocycles. The Morgan fingerprint density at radius 3 is 2.61 bits per heavy atom. The fraction of sp³-hybridized carbons (Fsp3) is 0.300. The Morgan fingerprint density at radius 2 is 1.96 bits per heavy atom. The molecule has 28 heavy (non-hydrogen) atoms. The summed E-state index contributed by atoms with van der Waals surface area (Å²) in [6.45, 7) is 1.12. The highest BCUT2D eigenvalue weighted by atomic mass is 19.1. The number of hydrogen-bond donors (Lipinski definition) is 2. The molecular formula is C20H20F3N5. The van der Waals surface area contributed by atoms with Crippen molar-refractivity contribution in [1.82, 2.24) is 10.6 Å². The molecule has 0 saturated carbocycles. The van der Waals surface area contributed by atoms with Crippen molar-refractivity contribution < 1.29 is 13.2 Å². The van der Waals surface area contributed by atoms with Gasteiger partial charge in [-0.05, 0) is 30.7 Å². The Bertz CT molecular complexity index is 902. The lowest BCUT2D eigenvalue weighted by atomic mass is 10.1. The second kappa shape index (κ2) is 8.65. The van der Waals surface area contributed by atoms with Crippen LogP contribution in [0.15, 0.2) is 41.4 Å². The van der Waals surface area contributed by atoms with Gasteiger partial charge in [-0.2, -0.15) is 5.26 Å². The van der Waals surface area contributed by atoms with Gasteiger partial charge in [-0.15, -0.1) is 0 Å². The molecule has 2 N–H and O–H groups in total. The number of aliphatic imine (C=N–C) groups is 1. The van der Waals surface area contributed by atoms with Gasteiger partial charge in [-0.1, -0.05) is 12.1 Å². The number of nitrogens with one attached hydrogen (secondary N) is 2. The van der Waals surface area contributed by atoms with Crippen molar-refractivity contribution in [3.05, 3.63) is 65.0 Å². The van der Waals surface area contributed by atoms with Crippen LogP contribution in [0.5, 0.6) is 0 Å². The number of hydrogen-bond acceptors (Lipinski definition) is 3. The molecule has 0 spiro atoms. The van der Waals surface area contributed by atoms with Gasteiger partial charge in [0.15, 0.2) is 5.96 Å². The molecule has 1 fully saturated rings. The van der Waals surface area contributed by atoms with E-state index in [2.05, 4.69) is 15.6 Å². The fourth-order valence-corrected chi connectivity index (χ4v) is 3.20. The van der Waals surface area contributed by atoms with Gasteiger partial charge >= 0.3 is 0 Å². The Hall–Kier alpha value is -3.21. The second-order valence-electron chi connectivity index (χ2n) is 6.49. The maximum atomic E-state index is 14.0. The zero-order chi connectivity index (χ0) is 20.1. The first-order chi connectivity index (χ1) is 13.5. The molecule has 1 heterocycles. The maximum Gasteiger partial charge on any atom is 0.191 e. The van der Waals surface area contributed by atoms with Crippen LogP contribution in [0.2, 0.25) is 0 Å². The van der Waals surface area contributed by atoms with E-state index in [0.29, 0.717) is 31.0 Å². The van der Waals surface area contributed by atoms with Crippen molar-refractivity contribution in [2.45, 2.75) is 19.0 Å². The molecule has 0 bridgehead atoms. The Balaban J connectivity index is 1.58. The topological polar surface area (TPSA) is 63.5 Å². The smallest absolute Gasteiger partial charge is 0.191 e. The molecule has 2 aromatic rings. The first-order valence-electron chi connectivity index (χ1n) is 8.86. The summed E-state index contributed by atoms with van der Waals surface area (Å²) in [6.07, 6.45) is 0.680. The van der Waals surface area contributed by atoms with E-state index < -0.39 is 17.5 Å². The molecule has 1 aliphatic heterocycles. The van der Waals surface area contributed by atoms with Gasteiger partial charge in [0.1, 0.15) is 23.1 Å². The molecule has 1 aliphatic rings. The normalized spacial score (nSPS) is 16.8. The fourth-order valence-electron chi connectivity index (χ4n) is 3.20. The van der Waals surface area contributed by atoms with Gasteiger partial charge in [0.2, 0.25) is 0 Å². The number of benzene rings is 2. The summed E-state index contributed by atoms with van der Waals surface area (Å²) in [4.78, 5) is 5.78. The van der Waals surface area contributed by atoms with Gasteiger partial charge in [0, 0.05) is 38.3 Å². The zero-order valence-corrected chi connectivity index (χ0v) is 15.3. The molecular weight excluding hydrogens is 367 g/mol. The van der Waals surface area contributed by atoms with Gasteiger partial charge in [0.05, 0.1) is 11.6 Å². The number of para-hydroxylation sites is 1. The van der Waals surface area contributed by atoms with Crippen molar-refractivity contribution >= 4 is 11.6 Å². The minimum atomic E-state index is -0.584. The average molecular weight is 387 g/mol. The maximum absolute atomic E-state index is 14.0. The molecule has 0 radical (unpaired) electrons. The van der Waals surface area contributed by atoms with Crippen molar-refractivity contribution in [3.63, 3.8) is 0 Å². The standard InChI is InChI=1S/C20H20F3N5/c1-25-20(26-11-14-6-5-13(10-24)9-18(14)23)27-15-7-8-28(12-15)19-16(21)3-2-4-17(19)22/h2-6,9,15H,7-8,11-12H2,1H3,(H2,25,26,27). The van der Waals surface area contributed by atoms with Crippen molar-refractivity contribution in [1.29, 1.82) is 5.26 Å². The number of rotatable bonds is 4. The minimum Gasteiger partial charge on any atom is -0.365 e. The van der Waals surface area contributed by atoms with Crippen LogP contribution in [0.1, 0.15) is 17.5 Å². The number of nitriles is 1. The summed E-state index contributed by atoms with van der Waals surface area (Å²) in [7, 11) is 1.59. The Kier molecular flexibility index (Phi) is 6.04. The number of nitrogens with zero attached hydrogens (tertiary/aromatic N) is 3. The van der Waals surface area contributed by atoms with Crippen LogP contribution in [-0.2, 0) is 6.54 Å². The van der Waals surface area contributed by atoms with E-state index in [4.69, 9.17) is 5.26 Å². The molecule has 146 valence electrons. The van der Waals surface area contributed by atoms with E-state index in [1.165, 1.54) is 24.3 Å². The highest BCUT2D eigenvalue weighted by molar-refractivity contribution is 5.80. The lowest BCUT2D eigenvalue weighted by Crippen LogP contribution is -2.44. The van der Waals surface area contributed by atoms with Crippen LogP contribution in [-0.4, -0.2) is 32.1 Å². The Labute approximate surface area is 161 Å². The average Bonchev–Trinajstić information content (AvgIpc) is 3.13. The van der Waals surface area contributed by atoms with Gasteiger partial charge in [-0.25, -0.2) is 13.2 Å². The quantitative estimate of drug-likeness (QED) is 0.626. The molecule has 2 aromatic carbocycles. The molecule has 0 aromatic heterocycles. The van der Waals surface area contributed by atoms with Crippen LogP contribution in [0, 0.1) is 28.8 Å². The van der Waals surface area contributed by atoms with Gasteiger partial charge < -0.3 is 15.5 Å². The van der Waals surface area contributed by atoms with E-state index >= 15 is 0 Å². The van der Waals surface area contributed by atoms with Crippen LogP contribution in [0.3, 0.4) is 0 Å². The van der Waals surface area contributed by atoms with E-state index in [-0.39, 0.29) is 23.8 Å². The zero-order valence-electron chi connectivity index (χ0n) is 15.3. The van der Waals surface area contributed by atoms with Crippen molar-refractivity contribution in [2.24, 2.45) is 4.99 Å². The van der Waals surface area contributed by atoms with Crippen LogP contribution < -0.4 is 15.5 Å². The third-order valence-electron chi connectivity index (χ3n) is 4.63. The number of halogens is 3. The van der Waals surface area contributed by atoms with Gasteiger partial charge in [0.25, 0.3) is 0 Å². The molecule has 1 atom stereocenters. The molecule has 1 unspecified atom stereocenters. The first-order valence-corrected chi connectivity index (χ1v) is 8.86.